The van der Waals surface area contributed by atoms with Crippen LogP contribution in [0.4, 0.5) is 4.79 Å². The van der Waals surface area contributed by atoms with Crippen LogP contribution in [0, 0.1) is 17.8 Å². The van der Waals surface area contributed by atoms with Gasteiger partial charge in [-0.2, -0.15) is 0 Å². The van der Waals surface area contributed by atoms with Crippen molar-refractivity contribution in [2.75, 3.05) is 13.7 Å². The molecule has 29 heavy (non-hydrogen) atoms. The molecule has 2 amide bonds. The van der Waals surface area contributed by atoms with Gasteiger partial charge < -0.3 is 25.6 Å². The fourth-order valence-corrected chi connectivity index (χ4v) is 4.07. The van der Waals surface area contributed by atoms with Gasteiger partial charge in [-0.1, -0.05) is 26.7 Å². The van der Waals surface area contributed by atoms with E-state index in [2.05, 4.69) is 15.6 Å². The second-order valence-corrected chi connectivity index (χ2v) is 7.16. The van der Waals surface area contributed by atoms with E-state index in [9.17, 15) is 19.5 Å². The standard InChI is InChI=1S/C19H34N4O6/c1-6-11(7-2)15(21-10(4)24)14-13(9-12(16(14)25)17(26)28-5)22-18(20)23-19(27)29-8-3/h11-16,25H,6-9H2,1-5H3,(H,21,24)(H3,20,22,23,27)/t12-,13+,14+,15?,16+/m0/s1. The van der Waals surface area contributed by atoms with E-state index in [0.29, 0.717) is 0 Å². The van der Waals surface area contributed by atoms with E-state index in [-0.39, 0.29) is 30.8 Å². The molecule has 1 rings (SSSR count). The van der Waals surface area contributed by atoms with Crippen molar-refractivity contribution in [2.24, 2.45) is 28.5 Å². The number of aliphatic imine (C=N–C) groups is 1. The molecule has 0 bridgehead atoms. The third kappa shape index (κ3) is 6.59. The summed E-state index contributed by atoms with van der Waals surface area (Å²) in [5.41, 5.74) is 5.84. The zero-order valence-corrected chi connectivity index (χ0v) is 17.8. The quantitative estimate of drug-likeness (QED) is 0.257. The van der Waals surface area contributed by atoms with Crippen molar-refractivity contribution in [3.63, 3.8) is 0 Å². The lowest BCUT2D eigenvalue weighted by Crippen LogP contribution is -2.51. The van der Waals surface area contributed by atoms with Crippen LogP contribution in [0.2, 0.25) is 0 Å². The van der Waals surface area contributed by atoms with Gasteiger partial charge in [0, 0.05) is 18.9 Å². The molecular formula is C19H34N4O6. The van der Waals surface area contributed by atoms with Crippen LogP contribution >= 0.6 is 0 Å². The first-order valence-corrected chi connectivity index (χ1v) is 9.99. The van der Waals surface area contributed by atoms with Crippen LogP contribution in [0.15, 0.2) is 4.99 Å². The number of rotatable bonds is 8. The third-order valence-corrected chi connectivity index (χ3v) is 5.40. The number of hydrogen-bond donors (Lipinski definition) is 4. The Morgan fingerprint density at radius 3 is 2.34 bits per heavy atom. The van der Waals surface area contributed by atoms with Gasteiger partial charge in [0.2, 0.25) is 5.91 Å². The number of hydrogen-bond acceptors (Lipinski definition) is 7. The minimum atomic E-state index is -1.08. The van der Waals surface area contributed by atoms with Crippen molar-refractivity contribution in [3.8, 4) is 0 Å². The van der Waals surface area contributed by atoms with Crippen LogP contribution in [0.3, 0.4) is 0 Å². The van der Waals surface area contributed by atoms with Gasteiger partial charge >= 0.3 is 12.1 Å². The second-order valence-electron chi connectivity index (χ2n) is 7.16. The maximum Gasteiger partial charge on any atom is 0.413 e. The Morgan fingerprint density at radius 1 is 1.24 bits per heavy atom. The van der Waals surface area contributed by atoms with Gasteiger partial charge in [-0.3, -0.25) is 14.9 Å². The van der Waals surface area contributed by atoms with Crippen LogP contribution < -0.4 is 16.4 Å². The molecule has 0 saturated heterocycles. The number of aliphatic hydroxyl groups is 1. The molecule has 0 aromatic carbocycles. The summed E-state index contributed by atoms with van der Waals surface area (Å²) in [5.74, 6) is -2.29. The van der Waals surface area contributed by atoms with Gasteiger partial charge in [-0.05, 0) is 19.3 Å². The SMILES string of the molecule is CCOC(=O)NC(N)=N[C@@H]1C[C@H](C(=O)OC)[C@@H](O)[C@H]1C(NC(C)=O)C(CC)CC. The zero-order valence-electron chi connectivity index (χ0n) is 17.8. The zero-order chi connectivity index (χ0) is 22.1. The normalized spacial score (nSPS) is 25.4. The van der Waals surface area contributed by atoms with Crippen molar-refractivity contribution in [3.05, 3.63) is 0 Å². The summed E-state index contributed by atoms with van der Waals surface area (Å²) in [6.45, 7) is 7.23. The number of esters is 1. The molecule has 5 atom stereocenters. The molecule has 1 unspecified atom stereocenters. The van der Waals surface area contributed by atoms with Crippen LogP contribution in [0.5, 0.6) is 0 Å². The molecule has 5 N–H and O–H groups in total. The molecule has 1 saturated carbocycles. The Balaban J connectivity index is 3.27. The molecule has 1 aliphatic rings. The average Bonchev–Trinajstić information content (AvgIpc) is 2.96. The lowest BCUT2D eigenvalue weighted by molar-refractivity contribution is -0.149. The number of methoxy groups -OCH3 is 1. The smallest absolute Gasteiger partial charge is 0.413 e. The summed E-state index contributed by atoms with van der Waals surface area (Å²) in [5, 5.41) is 16.2. The summed E-state index contributed by atoms with van der Waals surface area (Å²) < 4.78 is 9.60. The summed E-state index contributed by atoms with van der Waals surface area (Å²) in [6.07, 6.45) is -0.114. The van der Waals surface area contributed by atoms with Gasteiger partial charge in [-0.25, -0.2) is 9.79 Å². The minimum absolute atomic E-state index is 0.0619. The topological polar surface area (TPSA) is 152 Å². The highest BCUT2D eigenvalue weighted by molar-refractivity contribution is 5.93. The molecule has 10 heteroatoms. The highest BCUT2D eigenvalue weighted by Crippen LogP contribution is 2.40. The molecule has 0 aliphatic heterocycles. The van der Waals surface area contributed by atoms with Crippen molar-refractivity contribution in [1.29, 1.82) is 0 Å². The Morgan fingerprint density at radius 2 is 1.86 bits per heavy atom. The van der Waals surface area contributed by atoms with Crippen molar-refractivity contribution < 1.29 is 29.0 Å². The number of nitrogens with one attached hydrogen (secondary N) is 2. The Labute approximate surface area is 171 Å². The lowest BCUT2D eigenvalue weighted by Gasteiger charge is -2.35. The highest BCUT2D eigenvalue weighted by Gasteiger charge is 2.51. The fourth-order valence-electron chi connectivity index (χ4n) is 4.07. The number of aliphatic hydroxyl groups excluding tert-OH is 1. The molecule has 0 spiro atoms. The summed E-state index contributed by atoms with van der Waals surface area (Å²) in [7, 11) is 1.25. The van der Waals surface area contributed by atoms with E-state index in [1.165, 1.54) is 14.0 Å². The lowest BCUT2D eigenvalue weighted by atomic mass is 9.80. The second kappa shape index (κ2) is 11.6. The first-order chi connectivity index (χ1) is 13.7. The van der Waals surface area contributed by atoms with E-state index in [0.717, 1.165) is 12.8 Å². The molecule has 10 nitrogen and oxygen atoms in total. The number of nitrogens with two attached hydrogens (primary N) is 1. The van der Waals surface area contributed by atoms with E-state index < -0.39 is 42.1 Å². The number of carbonyl (C=O) groups is 3. The number of ether oxygens (including phenoxy) is 2. The molecule has 0 heterocycles. The third-order valence-electron chi connectivity index (χ3n) is 5.40. The van der Waals surface area contributed by atoms with Crippen LogP contribution in [-0.2, 0) is 19.1 Å². The van der Waals surface area contributed by atoms with Crippen LogP contribution in [-0.4, -0.2) is 60.9 Å². The van der Waals surface area contributed by atoms with Gasteiger partial charge in [0.25, 0.3) is 0 Å². The predicted octanol–water partition coefficient (Wildman–Crippen LogP) is 0.527. The molecule has 166 valence electrons. The number of alkyl carbamates (subject to hydrolysis) is 1. The number of nitrogens with zero attached hydrogens (tertiary/aromatic N) is 1. The average molecular weight is 415 g/mol. The molecule has 0 aromatic heterocycles. The van der Waals surface area contributed by atoms with Gasteiger partial charge in [0.1, 0.15) is 0 Å². The number of amides is 2. The van der Waals surface area contributed by atoms with E-state index in [1.54, 1.807) is 6.92 Å². The van der Waals surface area contributed by atoms with E-state index in [1.807, 2.05) is 13.8 Å². The van der Waals surface area contributed by atoms with Crippen molar-refractivity contribution >= 4 is 23.9 Å². The summed E-state index contributed by atoms with van der Waals surface area (Å²) in [4.78, 5) is 40.0. The van der Waals surface area contributed by atoms with Crippen LogP contribution in [0.25, 0.3) is 0 Å². The van der Waals surface area contributed by atoms with Crippen molar-refractivity contribution in [2.45, 2.75) is 65.1 Å². The van der Waals surface area contributed by atoms with Gasteiger partial charge in [0.15, 0.2) is 5.96 Å². The van der Waals surface area contributed by atoms with Crippen molar-refractivity contribution in [1.82, 2.24) is 10.6 Å². The van der Waals surface area contributed by atoms with Crippen LogP contribution in [0.1, 0.15) is 47.0 Å². The first kappa shape index (κ1) is 24.7. The summed E-state index contributed by atoms with van der Waals surface area (Å²) in [6, 6.07) is -1.02. The monoisotopic (exact) mass is 414 g/mol. The van der Waals surface area contributed by atoms with E-state index >= 15 is 0 Å². The number of carbonyl (C=O) groups excluding carboxylic acids is 3. The summed E-state index contributed by atoms with van der Waals surface area (Å²) >= 11 is 0. The largest absolute Gasteiger partial charge is 0.469 e. The maximum absolute atomic E-state index is 12.2. The maximum atomic E-state index is 12.2. The van der Waals surface area contributed by atoms with E-state index in [4.69, 9.17) is 15.2 Å². The minimum Gasteiger partial charge on any atom is -0.469 e. The first-order valence-electron chi connectivity index (χ1n) is 9.99. The molecule has 1 fully saturated rings. The Bertz CT molecular complexity index is 608. The van der Waals surface area contributed by atoms with Gasteiger partial charge in [-0.15, -0.1) is 0 Å². The number of guanidine groups is 1. The molecule has 0 aromatic rings. The molecule has 1 aliphatic carbocycles. The Kier molecular flexibility index (Phi) is 9.87. The predicted molar refractivity (Wildman–Crippen MR) is 107 cm³/mol. The Hall–Kier alpha value is -2.36. The van der Waals surface area contributed by atoms with Gasteiger partial charge in [0.05, 0.1) is 31.8 Å². The highest BCUT2D eigenvalue weighted by atomic mass is 16.5. The molecular weight excluding hydrogens is 380 g/mol. The fraction of sp³-hybridized carbons (Fsp3) is 0.789. The molecule has 0 radical (unpaired) electrons.